The number of H-pyrrole nitrogens is 1. The number of rotatable bonds is 3. The predicted molar refractivity (Wildman–Crippen MR) is 133 cm³/mol. The molecule has 0 atom stereocenters. The zero-order chi connectivity index (χ0) is 22.7. The van der Waals surface area contributed by atoms with E-state index in [1.807, 2.05) is 30.6 Å². The van der Waals surface area contributed by atoms with Crippen molar-refractivity contribution in [2.75, 3.05) is 5.32 Å². The molecule has 3 aromatic heterocycles. The molecule has 0 amide bonds. The number of hydrogen-bond donors (Lipinski definition) is 3. The van der Waals surface area contributed by atoms with Crippen LogP contribution in [0.3, 0.4) is 0 Å². The Morgan fingerprint density at radius 2 is 1.79 bits per heavy atom. The van der Waals surface area contributed by atoms with Gasteiger partial charge in [0, 0.05) is 34.6 Å². The minimum atomic E-state index is -0.195. The molecule has 2 aliphatic rings. The second-order valence-electron chi connectivity index (χ2n) is 9.08. The molecule has 34 heavy (non-hydrogen) atoms. The molecule has 0 bridgehead atoms. The molecule has 7 rings (SSSR count). The molecule has 166 valence electrons. The molecule has 4 N–H and O–H groups in total. The van der Waals surface area contributed by atoms with E-state index in [1.165, 1.54) is 12.0 Å². The highest BCUT2D eigenvalue weighted by Gasteiger charge is 2.34. The first kappa shape index (κ1) is 19.3. The summed E-state index contributed by atoms with van der Waals surface area (Å²) in [5.41, 5.74) is 14.4. The highest BCUT2D eigenvalue weighted by Crippen LogP contribution is 2.45. The second kappa shape index (κ2) is 7.13. The Morgan fingerprint density at radius 1 is 0.941 bits per heavy atom. The van der Waals surface area contributed by atoms with E-state index in [9.17, 15) is 0 Å². The van der Waals surface area contributed by atoms with Crippen LogP contribution in [-0.4, -0.2) is 24.7 Å². The zero-order valence-corrected chi connectivity index (χ0v) is 18.5. The summed E-state index contributed by atoms with van der Waals surface area (Å²) < 4.78 is 2.21. The summed E-state index contributed by atoms with van der Waals surface area (Å²) in [5, 5.41) is 10.6. The van der Waals surface area contributed by atoms with Gasteiger partial charge in [0.1, 0.15) is 11.5 Å². The number of nitrogens with one attached hydrogen (secondary N) is 2. The molecule has 0 spiro atoms. The molecule has 0 unspecified atom stereocenters. The zero-order valence-electron chi connectivity index (χ0n) is 18.5. The van der Waals surface area contributed by atoms with Gasteiger partial charge in [-0.1, -0.05) is 36.4 Å². The molecule has 1 fully saturated rings. The quantitative estimate of drug-likeness (QED) is 0.339. The van der Waals surface area contributed by atoms with Crippen molar-refractivity contribution in [1.29, 1.82) is 0 Å². The standard InChI is InChI=1S/C27H23N7/c28-27(12-4-13-27)19-10-8-17(9-11-19)24-23(18-15-30-31-16-18)33-26-20-5-1-2-6-21(20)32-25-22(34(24)26)7-3-14-29-25/h1-3,5-11,14-16H,4,12-13,28H2,(H,29,32)(H,30,31). The van der Waals surface area contributed by atoms with Gasteiger partial charge in [-0.25, -0.2) is 9.97 Å². The minimum absolute atomic E-state index is 0.195. The molecular formula is C27H23N7. The van der Waals surface area contributed by atoms with Gasteiger partial charge in [0.15, 0.2) is 5.82 Å². The fraction of sp³-hybridized carbons (Fsp3) is 0.148. The van der Waals surface area contributed by atoms with Gasteiger partial charge in [0.25, 0.3) is 0 Å². The first-order valence-electron chi connectivity index (χ1n) is 11.5. The van der Waals surface area contributed by atoms with Gasteiger partial charge in [-0.05, 0) is 49.1 Å². The summed E-state index contributed by atoms with van der Waals surface area (Å²) in [5.74, 6) is 1.65. The van der Waals surface area contributed by atoms with E-state index in [-0.39, 0.29) is 5.54 Å². The number of imidazole rings is 1. The smallest absolute Gasteiger partial charge is 0.154 e. The maximum Gasteiger partial charge on any atom is 0.154 e. The molecule has 7 heteroatoms. The van der Waals surface area contributed by atoms with Crippen LogP contribution in [0.1, 0.15) is 24.8 Å². The summed E-state index contributed by atoms with van der Waals surface area (Å²) in [6, 6.07) is 20.9. The third-order valence-electron chi connectivity index (χ3n) is 7.08. The molecule has 1 saturated carbocycles. The summed E-state index contributed by atoms with van der Waals surface area (Å²) in [6.07, 6.45) is 8.78. The number of aromatic nitrogens is 5. The number of anilines is 2. The second-order valence-corrected chi connectivity index (χ2v) is 9.08. The highest BCUT2D eigenvalue weighted by molar-refractivity contribution is 5.90. The van der Waals surface area contributed by atoms with Crippen LogP contribution in [0.15, 0.2) is 79.3 Å². The lowest BCUT2D eigenvalue weighted by molar-refractivity contribution is 0.253. The third kappa shape index (κ3) is 2.77. The Hall–Kier alpha value is -4.23. The minimum Gasteiger partial charge on any atom is -0.338 e. The van der Waals surface area contributed by atoms with E-state index >= 15 is 0 Å². The van der Waals surface area contributed by atoms with Gasteiger partial charge in [0.2, 0.25) is 0 Å². The normalized spacial score (nSPS) is 15.3. The van der Waals surface area contributed by atoms with Crippen LogP contribution < -0.4 is 11.1 Å². The third-order valence-corrected chi connectivity index (χ3v) is 7.08. The van der Waals surface area contributed by atoms with Crippen molar-refractivity contribution >= 4 is 11.5 Å². The van der Waals surface area contributed by atoms with Crippen molar-refractivity contribution in [3.05, 3.63) is 84.8 Å². The van der Waals surface area contributed by atoms with Crippen molar-refractivity contribution in [2.24, 2.45) is 5.73 Å². The van der Waals surface area contributed by atoms with Crippen LogP contribution in [-0.2, 0) is 5.54 Å². The topological polar surface area (TPSA) is 97.4 Å². The van der Waals surface area contributed by atoms with E-state index in [0.29, 0.717) is 0 Å². The van der Waals surface area contributed by atoms with E-state index in [4.69, 9.17) is 10.7 Å². The van der Waals surface area contributed by atoms with Gasteiger partial charge >= 0.3 is 0 Å². The monoisotopic (exact) mass is 445 g/mol. The maximum atomic E-state index is 6.60. The van der Waals surface area contributed by atoms with E-state index in [0.717, 1.165) is 63.9 Å². The van der Waals surface area contributed by atoms with Crippen molar-refractivity contribution in [3.63, 3.8) is 0 Å². The van der Waals surface area contributed by atoms with Crippen LogP contribution in [0.25, 0.3) is 39.6 Å². The molecule has 4 heterocycles. The van der Waals surface area contributed by atoms with Crippen molar-refractivity contribution in [1.82, 2.24) is 24.7 Å². The number of nitrogens with two attached hydrogens (primary N) is 1. The Kier molecular flexibility index (Phi) is 4.04. The number of aromatic amines is 1. The Labute approximate surface area is 196 Å². The first-order chi connectivity index (χ1) is 16.7. The van der Waals surface area contributed by atoms with Crippen molar-refractivity contribution < 1.29 is 0 Å². The van der Waals surface area contributed by atoms with Gasteiger partial charge < -0.3 is 11.1 Å². The molecule has 0 saturated heterocycles. The fourth-order valence-corrected chi connectivity index (χ4v) is 5.08. The van der Waals surface area contributed by atoms with E-state index in [1.54, 1.807) is 6.20 Å². The van der Waals surface area contributed by atoms with Gasteiger partial charge in [-0.3, -0.25) is 9.67 Å². The van der Waals surface area contributed by atoms with Crippen LogP contribution in [0.5, 0.6) is 0 Å². The molecule has 5 aromatic rings. The number of fused-ring (bicyclic) bond motifs is 5. The largest absolute Gasteiger partial charge is 0.338 e. The SMILES string of the molecule is NC1(c2ccc(-c3c(-c4cn[nH]c4)nc4n3-c3cccnc3Nc3ccccc3-4)cc2)CCC1. The summed E-state index contributed by atoms with van der Waals surface area (Å²) >= 11 is 0. The number of benzene rings is 2. The van der Waals surface area contributed by atoms with Crippen molar-refractivity contribution in [2.45, 2.75) is 24.8 Å². The van der Waals surface area contributed by atoms with Crippen LogP contribution in [0.4, 0.5) is 11.5 Å². The maximum absolute atomic E-state index is 6.60. The molecular weight excluding hydrogens is 422 g/mol. The molecule has 7 nitrogen and oxygen atoms in total. The van der Waals surface area contributed by atoms with Crippen LogP contribution in [0.2, 0.25) is 0 Å². The summed E-state index contributed by atoms with van der Waals surface area (Å²) in [4.78, 5) is 9.83. The lowest BCUT2D eigenvalue weighted by atomic mass is 9.72. The highest BCUT2D eigenvalue weighted by atomic mass is 15.2. The molecule has 1 aliphatic carbocycles. The van der Waals surface area contributed by atoms with Crippen molar-refractivity contribution in [3.8, 4) is 39.6 Å². The fourth-order valence-electron chi connectivity index (χ4n) is 5.08. The number of pyridine rings is 1. The van der Waals surface area contributed by atoms with E-state index in [2.05, 4.69) is 67.5 Å². The van der Waals surface area contributed by atoms with Crippen LogP contribution >= 0.6 is 0 Å². The molecule has 0 radical (unpaired) electrons. The number of hydrogen-bond acceptors (Lipinski definition) is 5. The Bertz CT molecular complexity index is 1510. The molecule has 2 aromatic carbocycles. The average molecular weight is 446 g/mol. The Morgan fingerprint density at radius 3 is 2.56 bits per heavy atom. The lowest BCUT2D eigenvalue weighted by Crippen LogP contribution is -2.43. The first-order valence-corrected chi connectivity index (χ1v) is 11.5. The van der Waals surface area contributed by atoms with Crippen LogP contribution in [0, 0.1) is 0 Å². The average Bonchev–Trinajstić information content (AvgIpc) is 3.49. The van der Waals surface area contributed by atoms with E-state index < -0.39 is 0 Å². The number of nitrogens with zero attached hydrogens (tertiary/aromatic N) is 4. The molecule has 1 aliphatic heterocycles. The predicted octanol–water partition coefficient (Wildman–Crippen LogP) is 5.39. The van der Waals surface area contributed by atoms with Gasteiger partial charge in [-0.15, -0.1) is 0 Å². The van der Waals surface area contributed by atoms with Gasteiger partial charge in [-0.2, -0.15) is 5.10 Å². The lowest BCUT2D eigenvalue weighted by Gasteiger charge is -2.38. The summed E-state index contributed by atoms with van der Waals surface area (Å²) in [7, 11) is 0. The number of para-hydroxylation sites is 1. The Balaban J connectivity index is 1.53. The van der Waals surface area contributed by atoms with Gasteiger partial charge in [0.05, 0.1) is 23.3 Å². The summed E-state index contributed by atoms with van der Waals surface area (Å²) in [6.45, 7) is 0.